The fourth-order valence-electron chi connectivity index (χ4n) is 9.52. The van der Waals surface area contributed by atoms with E-state index in [2.05, 4.69) is 26.0 Å². The molecule has 10 heteroatoms. The summed E-state index contributed by atoms with van der Waals surface area (Å²) in [5.41, 5.74) is 5.38. The summed E-state index contributed by atoms with van der Waals surface area (Å²) in [6.45, 7) is 3.79. The number of esters is 2. The predicted molar refractivity (Wildman–Crippen MR) is 303 cm³/mol. The van der Waals surface area contributed by atoms with Gasteiger partial charge in [0.1, 0.15) is 6.61 Å². The fraction of sp³-hybridized carbons (Fsp3) is 0.934. The van der Waals surface area contributed by atoms with Crippen molar-refractivity contribution in [3.63, 3.8) is 0 Å². The molecule has 0 aliphatic rings. The van der Waals surface area contributed by atoms with E-state index in [0.717, 1.165) is 51.4 Å². The second-order valence-electron chi connectivity index (χ2n) is 21.3. The fourth-order valence-corrected chi connectivity index (χ4v) is 10.3. The van der Waals surface area contributed by atoms with Crippen molar-refractivity contribution in [3.05, 3.63) is 12.2 Å². The highest BCUT2D eigenvalue weighted by Crippen LogP contribution is 2.43. The molecule has 0 saturated heterocycles. The number of phosphoric acid groups is 1. The number of allylic oxidation sites excluding steroid dienone is 2. The number of rotatable bonds is 60. The lowest BCUT2D eigenvalue weighted by Crippen LogP contribution is -2.29. The average Bonchev–Trinajstić information content (AvgIpc) is 3.36. The Balaban J connectivity index is 3.78. The van der Waals surface area contributed by atoms with Crippen LogP contribution in [-0.4, -0.2) is 49.3 Å². The Morgan fingerprint density at radius 3 is 1.00 bits per heavy atom. The van der Waals surface area contributed by atoms with Crippen LogP contribution in [0.5, 0.6) is 0 Å². The first-order chi connectivity index (χ1) is 34.8. The van der Waals surface area contributed by atoms with Crippen molar-refractivity contribution < 1.29 is 37.6 Å². The molecule has 0 amide bonds. The zero-order chi connectivity index (χ0) is 51.7. The van der Waals surface area contributed by atoms with Crippen molar-refractivity contribution in [1.82, 2.24) is 0 Å². The summed E-state index contributed by atoms with van der Waals surface area (Å²) in [5.74, 6) is -0.818. The van der Waals surface area contributed by atoms with Crippen LogP contribution in [0.3, 0.4) is 0 Å². The summed E-state index contributed by atoms with van der Waals surface area (Å²) in [6.07, 6.45) is 67.3. The number of carbonyl (C=O) groups excluding carboxylic acids is 2. The van der Waals surface area contributed by atoms with E-state index in [4.69, 9.17) is 24.3 Å². The van der Waals surface area contributed by atoms with Gasteiger partial charge in [0, 0.05) is 19.4 Å². The van der Waals surface area contributed by atoms with Crippen molar-refractivity contribution in [3.8, 4) is 0 Å². The molecule has 422 valence electrons. The molecule has 0 radical (unpaired) electrons. The highest BCUT2D eigenvalue weighted by molar-refractivity contribution is 7.47. The summed E-state index contributed by atoms with van der Waals surface area (Å²) in [7, 11) is -4.38. The number of unbranched alkanes of at least 4 members (excludes halogenated alkanes) is 45. The van der Waals surface area contributed by atoms with Crippen molar-refractivity contribution in [2.75, 3.05) is 26.4 Å². The van der Waals surface area contributed by atoms with Gasteiger partial charge in [-0.05, 0) is 38.5 Å². The normalized spacial score (nSPS) is 13.0. The van der Waals surface area contributed by atoms with Crippen LogP contribution in [0.1, 0.15) is 335 Å². The minimum Gasteiger partial charge on any atom is -0.462 e. The number of carbonyl (C=O) groups is 2. The molecule has 2 atom stereocenters. The molecular weight excluding hydrogens is 906 g/mol. The molecule has 0 fully saturated rings. The molecule has 0 aromatic carbocycles. The Labute approximate surface area is 440 Å². The van der Waals surface area contributed by atoms with Crippen molar-refractivity contribution in [2.45, 2.75) is 341 Å². The molecule has 0 saturated carbocycles. The van der Waals surface area contributed by atoms with Crippen LogP contribution < -0.4 is 5.73 Å². The van der Waals surface area contributed by atoms with Crippen LogP contribution >= 0.6 is 7.82 Å². The number of nitrogens with two attached hydrogens (primary N) is 1. The van der Waals surface area contributed by atoms with Gasteiger partial charge in [0.25, 0.3) is 0 Å². The van der Waals surface area contributed by atoms with E-state index < -0.39 is 26.5 Å². The molecule has 0 spiro atoms. The Morgan fingerprint density at radius 2 is 0.690 bits per heavy atom. The second-order valence-corrected chi connectivity index (χ2v) is 22.7. The maximum absolute atomic E-state index is 12.7. The van der Waals surface area contributed by atoms with Gasteiger partial charge in [0.2, 0.25) is 0 Å². The maximum atomic E-state index is 12.7. The number of hydrogen-bond acceptors (Lipinski definition) is 8. The topological polar surface area (TPSA) is 134 Å². The molecule has 9 nitrogen and oxygen atoms in total. The standard InChI is InChI=1S/C61H120NO8P/c1-3-5-7-9-11-13-15-17-19-21-22-23-24-25-26-27-28-29-30-31-32-33-34-35-36-37-38-40-41-43-45-47-49-51-53-60(63)67-57-59(58-69-71(65,66)68-56-55-62)70-61(64)54-52-50-48-46-44-42-39-20-18-16-14-12-10-8-6-4-2/h20,39,59H,3-19,21-38,40-58,62H2,1-2H3,(H,65,66)/b39-20-. The maximum Gasteiger partial charge on any atom is 0.472 e. The van der Waals surface area contributed by atoms with Crippen LogP contribution in [-0.2, 0) is 32.7 Å². The molecule has 0 heterocycles. The largest absolute Gasteiger partial charge is 0.472 e. The third-order valence-electron chi connectivity index (χ3n) is 14.2. The number of hydrogen-bond donors (Lipinski definition) is 2. The molecule has 3 N–H and O–H groups in total. The first-order valence-corrected chi connectivity index (χ1v) is 32.7. The Kier molecular flexibility index (Phi) is 57.0. The Morgan fingerprint density at radius 1 is 0.408 bits per heavy atom. The summed E-state index contributed by atoms with van der Waals surface area (Å²) < 4.78 is 33.0. The van der Waals surface area contributed by atoms with Crippen LogP contribution in [0.15, 0.2) is 12.2 Å². The average molecular weight is 1030 g/mol. The number of phosphoric ester groups is 1. The SMILES string of the molecule is CCCCCCCCC/C=C\CCCCCCCC(=O)OC(COC(=O)CCCCCCCCCCCCCCCCCCCCCCCCCCCCCCCCCCCC)COP(=O)(O)OCCN. The number of ether oxygens (including phenoxy) is 2. The molecule has 2 unspecified atom stereocenters. The molecule has 0 aromatic rings. The molecule has 71 heavy (non-hydrogen) atoms. The summed E-state index contributed by atoms with van der Waals surface area (Å²) in [4.78, 5) is 35.1. The van der Waals surface area contributed by atoms with E-state index in [1.165, 1.54) is 250 Å². The predicted octanol–water partition coefficient (Wildman–Crippen LogP) is 19.6. The molecular formula is C61H120NO8P. The monoisotopic (exact) mass is 1030 g/mol. The quantitative estimate of drug-likeness (QED) is 0.0264. The van der Waals surface area contributed by atoms with Crippen molar-refractivity contribution in [1.29, 1.82) is 0 Å². The van der Waals surface area contributed by atoms with Gasteiger partial charge in [-0.3, -0.25) is 18.6 Å². The second kappa shape index (κ2) is 58.0. The summed E-state index contributed by atoms with van der Waals surface area (Å²) >= 11 is 0. The van der Waals surface area contributed by atoms with Crippen LogP contribution in [0.4, 0.5) is 0 Å². The van der Waals surface area contributed by atoms with E-state index in [1.54, 1.807) is 0 Å². The van der Waals surface area contributed by atoms with Gasteiger partial charge in [0.15, 0.2) is 6.10 Å². The van der Waals surface area contributed by atoms with E-state index in [1.807, 2.05) is 0 Å². The lowest BCUT2D eigenvalue weighted by atomic mass is 10.0. The van der Waals surface area contributed by atoms with Crippen molar-refractivity contribution in [2.24, 2.45) is 5.73 Å². The molecule has 0 aliphatic carbocycles. The van der Waals surface area contributed by atoms with E-state index in [-0.39, 0.29) is 38.6 Å². The summed E-state index contributed by atoms with van der Waals surface area (Å²) in [6, 6.07) is 0. The van der Waals surface area contributed by atoms with Gasteiger partial charge < -0.3 is 20.1 Å². The van der Waals surface area contributed by atoms with Crippen LogP contribution in [0.2, 0.25) is 0 Å². The minimum absolute atomic E-state index is 0.0553. The highest BCUT2D eigenvalue weighted by atomic mass is 31.2. The lowest BCUT2D eigenvalue weighted by Gasteiger charge is -2.19. The van der Waals surface area contributed by atoms with E-state index in [0.29, 0.717) is 6.42 Å². The molecule has 0 aromatic heterocycles. The molecule has 0 bridgehead atoms. The van der Waals surface area contributed by atoms with Crippen LogP contribution in [0, 0.1) is 0 Å². The minimum atomic E-state index is -4.38. The van der Waals surface area contributed by atoms with E-state index >= 15 is 0 Å². The summed E-state index contributed by atoms with van der Waals surface area (Å²) in [5, 5.41) is 0. The first-order valence-electron chi connectivity index (χ1n) is 31.2. The smallest absolute Gasteiger partial charge is 0.462 e. The van der Waals surface area contributed by atoms with E-state index in [9.17, 15) is 19.0 Å². The van der Waals surface area contributed by atoms with Gasteiger partial charge >= 0.3 is 19.8 Å². The zero-order valence-corrected chi connectivity index (χ0v) is 48.1. The van der Waals surface area contributed by atoms with Gasteiger partial charge in [-0.15, -0.1) is 0 Å². The van der Waals surface area contributed by atoms with Crippen molar-refractivity contribution >= 4 is 19.8 Å². The molecule has 0 rings (SSSR count). The van der Waals surface area contributed by atoms with Gasteiger partial charge in [-0.1, -0.05) is 296 Å². The molecule has 0 aliphatic heterocycles. The lowest BCUT2D eigenvalue weighted by molar-refractivity contribution is -0.161. The third kappa shape index (κ3) is 57.9. The Bertz CT molecular complexity index is 1170. The highest BCUT2D eigenvalue weighted by Gasteiger charge is 2.26. The third-order valence-corrected chi connectivity index (χ3v) is 15.1. The van der Waals surface area contributed by atoms with Gasteiger partial charge in [-0.2, -0.15) is 0 Å². The zero-order valence-electron chi connectivity index (χ0n) is 47.2. The van der Waals surface area contributed by atoms with Gasteiger partial charge in [0.05, 0.1) is 13.2 Å². The van der Waals surface area contributed by atoms with Gasteiger partial charge in [-0.25, -0.2) is 4.57 Å². The first kappa shape index (κ1) is 69.8. The van der Waals surface area contributed by atoms with Crippen LogP contribution in [0.25, 0.3) is 0 Å². The Hall–Kier alpha value is -1.25.